The first-order chi connectivity index (χ1) is 7.54. The van der Waals surface area contributed by atoms with E-state index in [0.717, 1.165) is 12.1 Å². The molecule has 0 aromatic heterocycles. The van der Waals surface area contributed by atoms with Crippen LogP contribution in [0.25, 0.3) is 0 Å². The van der Waals surface area contributed by atoms with Gasteiger partial charge in [-0.2, -0.15) is 0 Å². The van der Waals surface area contributed by atoms with Crippen LogP contribution in [-0.2, 0) is 4.74 Å². The zero-order valence-corrected chi connectivity index (χ0v) is 8.62. The first-order valence-electron chi connectivity index (χ1n) is 4.57. The molecule has 1 rings (SSSR count). The van der Waals surface area contributed by atoms with E-state index in [4.69, 9.17) is 5.73 Å². The molecule has 2 amide bonds. The monoisotopic (exact) mass is 226 g/mol. The minimum absolute atomic E-state index is 0.105. The van der Waals surface area contributed by atoms with Gasteiger partial charge in [0.1, 0.15) is 5.82 Å². The fourth-order valence-electron chi connectivity index (χ4n) is 1.05. The summed E-state index contributed by atoms with van der Waals surface area (Å²) in [5.41, 5.74) is 4.98. The number of rotatable bonds is 3. The van der Waals surface area contributed by atoms with Crippen LogP contribution >= 0.6 is 0 Å². The summed E-state index contributed by atoms with van der Waals surface area (Å²) >= 11 is 0. The van der Waals surface area contributed by atoms with Gasteiger partial charge in [-0.3, -0.25) is 10.1 Å². The van der Waals surface area contributed by atoms with E-state index in [-0.39, 0.29) is 17.9 Å². The summed E-state index contributed by atoms with van der Waals surface area (Å²) in [4.78, 5) is 21.9. The molecule has 0 fully saturated rings. The molecule has 3 N–H and O–H groups in total. The maximum atomic E-state index is 13.2. The Bertz CT molecular complexity index is 421. The highest BCUT2D eigenvalue weighted by Gasteiger charge is 2.10. The zero-order valence-electron chi connectivity index (χ0n) is 8.62. The van der Waals surface area contributed by atoms with Crippen LogP contribution in [0.4, 0.5) is 14.9 Å². The molecule has 0 aliphatic heterocycles. The van der Waals surface area contributed by atoms with Crippen LogP contribution in [0, 0.1) is 5.82 Å². The Balaban J connectivity index is 2.90. The number of primary amides is 1. The standard InChI is InChI=1S/C10H11FN2O3/c1-2-16-10(15)13-8-5-6(9(12)14)3-4-7(8)11/h3-5H,2H2,1H3,(H2,12,14)(H,13,15). The fourth-order valence-corrected chi connectivity index (χ4v) is 1.05. The number of amides is 2. The van der Waals surface area contributed by atoms with E-state index < -0.39 is 17.8 Å². The smallest absolute Gasteiger partial charge is 0.411 e. The molecule has 0 aliphatic carbocycles. The Labute approximate surface area is 91.4 Å². The normalized spacial score (nSPS) is 9.62. The number of nitrogens with one attached hydrogen (secondary N) is 1. The first-order valence-corrected chi connectivity index (χ1v) is 4.57. The summed E-state index contributed by atoms with van der Waals surface area (Å²) in [6, 6.07) is 3.42. The Kier molecular flexibility index (Phi) is 3.82. The lowest BCUT2D eigenvalue weighted by Gasteiger charge is -2.07. The van der Waals surface area contributed by atoms with Gasteiger partial charge < -0.3 is 10.5 Å². The van der Waals surface area contributed by atoms with Crippen molar-refractivity contribution in [1.82, 2.24) is 0 Å². The molecule has 86 valence electrons. The average Bonchev–Trinajstić information content (AvgIpc) is 2.21. The van der Waals surface area contributed by atoms with Gasteiger partial charge >= 0.3 is 6.09 Å². The largest absolute Gasteiger partial charge is 0.450 e. The van der Waals surface area contributed by atoms with Crippen molar-refractivity contribution in [3.05, 3.63) is 29.6 Å². The number of hydrogen-bond acceptors (Lipinski definition) is 3. The third-order valence-electron chi connectivity index (χ3n) is 1.76. The number of halogens is 1. The molecule has 1 aromatic carbocycles. The third-order valence-corrected chi connectivity index (χ3v) is 1.76. The van der Waals surface area contributed by atoms with Crippen LogP contribution in [0.5, 0.6) is 0 Å². The van der Waals surface area contributed by atoms with E-state index in [1.807, 2.05) is 0 Å². The van der Waals surface area contributed by atoms with E-state index in [1.54, 1.807) is 6.92 Å². The molecule has 0 saturated carbocycles. The summed E-state index contributed by atoms with van der Waals surface area (Å²) in [7, 11) is 0. The number of carbonyl (C=O) groups is 2. The second kappa shape index (κ2) is 5.11. The molecule has 1 aromatic rings. The summed E-state index contributed by atoms with van der Waals surface area (Å²) in [6.07, 6.45) is -0.789. The van der Waals surface area contributed by atoms with Crippen LogP contribution in [-0.4, -0.2) is 18.6 Å². The molecular weight excluding hydrogens is 215 g/mol. The van der Waals surface area contributed by atoms with Crippen molar-refractivity contribution < 1.29 is 18.7 Å². The minimum atomic E-state index is -0.789. The first kappa shape index (κ1) is 12.0. The van der Waals surface area contributed by atoms with Crippen molar-refractivity contribution in [2.45, 2.75) is 6.92 Å². The van der Waals surface area contributed by atoms with E-state index in [1.165, 1.54) is 6.07 Å². The lowest BCUT2D eigenvalue weighted by Crippen LogP contribution is -2.16. The third kappa shape index (κ3) is 2.94. The van der Waals surface area contributed by atoms with E-state index in [2.05, 4.69) is 10.1 Å². The number of carbonyl (C=O) groups excluding carboxylic acids is 2. The molecule has 5 nitrogen and oxygen atoms in total. The topological polar surface area (TPSA) is 81.4 Å². The Hall–Kier alpha value is -2.11. The Morgan fingerprint density at radius 1 is 1.50 bits per heavy atom. The summed E-state index contributed by atoms with van der Waals surface area (Å²) in [5, 5.41) is 2.16. The van der Waals surface area contributed by atoms with Gasteiger partial charge in [0.15, 0.2) is 0 Å². The van der Waals surface area contributed by atoms with Crippen molar-refractivity contribution in [3.63, 3.8) is 0 Å². The Morgan fingerprint density at radius 3 is 2.75 bits per heavy atom. The fraction of sp³-hybridized carbons (Fsp3) is 0.200. The zero-order chi connectivity index (χ0) is 12.1. The number of anilines is 1. The number of hydrogen-bond donors (Lipinski definition) is 2. The van der Waals surface area contributed by atoms with Crippen LogP contribution < -0.4 is 11.1 Å². The van der Waals surface area contributed by atoms with Crippen molar-refractivity contribution >= 4 is 17.7 Å². The van der Waals surface area contributed by atoms with Gasteiger partial charge in [-0.05, 0) is 25.1 Å². The minimum Gasteiger partial charge on any atom is -0.450 e. The van der Waals surface area contributed by atoms with Crippen LogP contribution in [0.3, 0.4) is 0 Å². The Morgan fingerprint density at radius 2 is 2.19 bits per heavy atom. The van der Waals surface area contributed by atoms with Crippen LogP contribution in [0.15, 0.2) is 18.2 Å². The van der Waals surface area contributed by atoms with Crippen molar-refractivity contribution in [1.29, 1.82) is 0 Å². The predicted octanol–water partition coefficient (Wildman–Crippen LogP) is 1.49. The highest BCUT2D eigenvalue weighted by molar-refractivity contribution is 5.95. The number of nitrogens with two attached hydrogens (primary N) is 1. The number of ether oxygens (including phenoxy) is 1. The predicted molar refractivity (Wildman–Crippen MR) is 55.6 cm³/mol. The molecule has 0 atom stereocenters. The van der Waals surface area contributed by atoms with Gasteiger partial charge in [-0.1, -0.05) is 0 Å². The molecule has 0 unspecified atom stereocenters. The van der Waals surface area contributed by atoms with Crippen molar-refractivity contribution in [2.24, 2.45) is 5.73 Å². The number of benzene rings is 1. The quantitative estimate of drug-likeness (QED) is 0.819. The molecule has 0 spiro atoms. The SMILES string of the molecule is CCOC(=O)Nc1cc(C(N)=O)ccc1F. The van der Waals surface area contributed by atoms with Gasteiger partial charge in [-0.15, -0.1) is 0 Å². The van der Waals surface area contributed by atoms with Gasteiger partial charge in [0.2, 0.25) is 5.91 Å². The van der Waals surface area contributed by atoms with E-state index >= 15 is 0 Å². The molecule has 0 aliphatic rings. The summed E-state index contributed by atoms with van der Waals surface area (Å²) in [5.74, 6) is -1.37. The average molecular weight is 226 g/mol. The highest BCUT2D eigenvalue weighted by atomic mass is 19.1. The molecule has 0 bridgehead atoms. The van der Waals surface area contributed by atoms with Crippen LogP contribution in [0.1, 0.15) is 17.3 Å². The van der Waals surface area contributed by atoms with Crippen molar-refractivity contribution in [3.8, 4) is 0 Å². The van der Waals surface area contributed by atoms with Gasteiger partial charge in [0.05, 0.1) is 12.3 Å². The molecule has 0 radical (unpaired) electrons. The summed E-state index contributed by atoms with van der Waals surface area (Å²) < 4.78 is 17.8. The van der Waals surface area contributed by atoms with Gasteiger partial charge in [0, 0.05) is 5.56 Å². The highest BCUT2D eigenvalue weighted by Crippen LogP contribution is 2.16. The summed E-state index contributed by atoms with van der Waals surface area (Å²) in [6.45, 7) is 1.79. The lowest BCUT2D eigenvalue weighted by molar-refractivity contribution is 0.1000. The molecule has 6 heteroatoms. The van der Waals surface area contributed by atoms with E-state index in [9.17, 15) is 14.0 Å². The van der Waals surface area contributed by atoms with E-state index in [0.29, 0.717) is 0 Å². The molecule has 0 saturated heterocycles. The maximum absolute atomic E-state index is 13.2. The van der Waals surface area contributed by atoms with Gasteiger partial charge in [-0.25, -0.2) is 9.18 Å². The lowest BCUT2D eigenvalue weighted by atomic mass is 10.2. The molecule has 16 heavy (non-hydrogen) atoms. The maximum Gasteiger partial charge on any atom is 0.411 e. The van der Waals surface area contributed by atoms with Crippen molar-refractivity contribution in [2.75, 3.05) is 11.9 Å². The second-order valence-corrected chi connectivity index (χ2v) is 2.90. The molecular formula is C10H11FN2O3. The molecule has 0 heterocycles. The second-order valence-electron chi connectivity index (χ2n) is 2.90. The van der Waals surface area contributed by atoms with Crippen LogP contribution in [0.2, 0.25) is 0 Å². The van der Waals surface area contributed by atoms with Gasteiger partial charge in [0.25, 0.3) is 0 Å².